The molecular weight excluding hydrogens is 310 g/mol. The second-order valence-corrected chi connectivity index (χ2v) is 7.51. The summed E-state index contributed by atoms with van der Waals surface area (Å²) in [4.78, 5) is 17.8. The fourth-order valence-electron chi connectivity index (χ4n) is 4.11. The van der Waals surface area contributed by atoms with Crippen molar-refractivity contribution in [2.24, 2.45) is 0 Å². The molecule has 0 radical (unpaired) electrons. The normalized spacial score (nSPS) is 27.2. The lowest BCUT2D eigenvalue weighted by atomic mass is 9.94. The first kappa shape index (κ1) is 15.4. The van der Waals surface area contributed by atoms with Gasteiger partial charge in [0.15, 0.2) is 0 Å². The van der Waals surface area contributed by atoms with E-state index in [9.17, 15) is 4.79 Å². The van der Waals surface area contributed by atoms with Crippen molar-refractivity contribution < 1.29 is 4.79 Å². The third-order valence-corrected chi connectivity index (χ3v) is 5.89. The van der Waals surface area contributed by atoms with Crippen LogP contribution in [0, 0.1) is 0 Å². The highest BCUT2D eigenvalue weighted by atomic mass is 35.5. The van der Waals surface area contributed by atoms with E-state index >= 15 is 0 Å². The molecule has 1 N–H and O–H groups in total. The second kappa shape index (κ2) is 6.08. The molecule has 2 aliphatic heterocycles. The number of carbonyl (C=O) groups is 1. The van der Waals surface area contributed by atoms with Crippen LogP contribution in [0.5, 0.6) is 0 Å². The Morgan fingerprint density at radius 2 is 2.00 bits per heavy atom. The fraction of sp³-hybridized carbons (Fsp3) is 0.611. The van der Waals surface area contributed by atoms with Crippen LogP contribution in [0.4, 0.5) is 0 Å². The van der Waals surface area contributed by atoms with Gasteiger partial charge in [0.25, 0.3) is 0 Å². The summed E-state index contributed by atoms with van der Waals surface area (Å²) in [6.07, 6.45) is 3.03. The predicted octanol–water partition coefficient (Wildman–Crippen LogP) is 1.88. The third-order valence-electron chi connectivity index (χ3n) is 5.66. The van der Waals surface area contributed by atoms with E-state index in [1.165, 1.54) is 0 Å². The van der Waals surface area contributed by atoms with Gasteiger partial charge in [-0.15, -0.1) is 0 Å². The first-order valence-corrected chi connectivity index (χ1v) is 9.07. The van der Waals surface area contributed by atoms with Crippen molar-refractivity contribution in [2.75, 3.05) is 39.3 Å². The van der Waals surface area contributed by atoms with Gasteiger partial charge in [-0.1, -0.05) is 23.7 Å². The summed E-state index contributed by atoms with van der Waals surface area (Å²) >= 11 is 6.13. The molecule has 3 fully saturated rings. The van der Waals surface area contributed by atoms with Gasteiger partial charge in [0.2, 0.25) is 5.91 Å². The molecule has 2 saturated heterocycles. The Balaban J connectivity index is 1.45. The van der Waals surface area contributed by atoms with Gasteiger partial charge in [-0.25, -0.2) is 0 Å². The average molecular weight is 334 g/mol. The minimum Gasteiger partial charge on any atom is -0.340 e. The van der Waals surface area contributed by atoms with E-state index in [1.54, 1.807) is 0 Å². The molecule has 5 heteroatoms. The molecule has 1 aliphatic carbocycles. The minimum atomic E-state index is -0.288. The maximum absolute atomic E-state index is 13.1. The lowest BCUT2D eigenvalue weighted by Crippen LogP contribution is -2.49. The number of piperazine rings is 1. The van der Waals surface area contributed by atoms with Gasteiger partial charge < -0.3 is 10.2 Å². The summed E-state index contributed by atoms with van der Waals surface area (Å²) in [5.74, 6) is 0.317. The second-order valence-electron chi connectivity index (χ2n) is 7.07. The minimum absolute atomic E-state index is 0.288. The standard InChI is InChI=1S/C18H24ClN3O/c19-15-3-1-2-14(12-15)18(5-6-18)17(23)22-9-4-16(13-22)21-10-7-20-8-11-21/h1-3,12,16,20H,4-11,13H2. The largest absolute Gasteiger partial charge is 0.340 e. The SMILES string of the molecule is O=C(N1CCC(N2CCNCC2)C1)C1(c2cccc(Cl)c2)CC1. The molecule has 0 aromatic heterocycles. The van der Waals surface area contributed by atoms with Gasteiger partial charge in [0.1, 0.15) is 0 Å². The van der Waals surface area contributed by atoms with Crippen LogP contribution in [0.1, 0.15) is 24.8 Å². The van der Waals surface area contributed by atoms with E-state index in [-0.39, 0.29) is 5.41 Å². The highest BCUT2D eigenvalue weighted by Gasteiger charge is 2.54. The van der Waals surface area contributed by atoms with Crippen molar-refractivity contribution in [3.05, 3.63) is 34.9 Å². The Bertz CT molecular complexity index is 596. The summed E-state index contributed by atoms with van der Waals surface area (Å²) in [6.45, 7) is 6.13. The average Bonchev–Trinajstić information content (AvgIpc) is 3.25. The van der Waals surface area contributed by atoms with Gasteiger partial charge >= 0.3 is 0 Å². The summed E-state index contributed by atoms with van der Waals surface area (Å²) in [5.41, 5.74) is 0.809. The molecule has 1 aromatic rings. The Morgan fingerprint density at radius 3 is 2.70 bits per heavy atom. The molecule has 0 bridgehead atoms. The van der Waals surface area contributed by atoms with E-state index in [1.807, 2.05) is 18.2 Å². The number of hydrogen-bond acceptors (Lipinski definition) is 3. The number of amides is 1. The molecule has 2 heterocycles. The first-order valence-electron chi connectivity index (χ1n) is 8.69. The van der Waals surface area contributed by atoms with Crippen molar-refractivity contribution in [2.45, 2.75) is 30.7 Å². The Labute approximate surface area is 142 Å². The molecule has 23 heavy (non-hydrogen) atoms. The van der Waals surface area contributed by atoms with Crippen LogP contribution in [0.3, 0.4) is 0 Å². The van der Waals surface area contributed by atoms with Crippen molar-refractivity contribution >= 4 is 17.5 Å². The lowest BCUT2D eigenvalue weighted by Gasteiger charge is -2.33. The molecule has 1 saturated carbocycles. The number of rotatable bonds is 3. The Kier molecular flexibility index (Phi) is 4.08. The molecule has 1 aromatic carbocycles. The van der Waals surface area contributed by atoms with E-state index in [0.29, 0.717) is 11.9 Å². The number of nitrogens with zero attached hydrogens (tertiary/aromatic N) is 2. The van der Waals surface area contributed by atoms with Crippen LogP contribution in [0.2, 0.25) is 5.02 Å². The van der Waals surface area contributed by atoms with E-state index in [0.717, 1.165) is 69.1 Å². The number of carbonyl (C=O) groups excluding carboxylic acids is 1. The molecule has 1 unspecified atom stereocenters. The highest BCUT2D eigenvalue weighted by Crippen LogP contribution is 2.50. The lowest BCUT2D eigenvalue weighted by molar-refractivity contribution is -0.133. The number of hydrogen-bond donors (Lipinski definition) is 1. The topological polar surface area (TPSA) is 35.6 Å². The van der Waals surface area contributed by atoms with Crippen LogP contribution in [-0.4, -0.2) is 61.0 Å². The van der Waals surface area contributed by atoms with Crippen LogP contribution >= 0.6 is 11.6 Å². The maximum atomic E-state index is 13.1. The van der Waals surface area contributed by atoms with Crippen molar-refractivity contribution in [1.29, 1.82) is 0 Å². The van der Waals surface area contributed by atoms with Gasteiger partial charge in [-0.2, -0.15) is 0 Å². The predicted molar refractivity (Wildman–Crippen MR) is 91.8 cm³/mol. The van der Waals surface area contributed by atoms with Crippen molar-refractivity contribution in [1.82, 2.24) is 15.1 Å². The molecule has 4 rings (SSSR count). The summed E-state index contributed by atoms with van der Waals surface area (Å²) < 4.78 is 0. The molecule has 4 nitrogen and oxygen atoms in total. The van der Waals surface area contributed by atoms with Gasteiger partial charge in [0.05, 0.1) is 5.41 Å². The molecule has 1 atom stereocenters. The molecule has 1 amide bonds. The summed E-state index contributed by atoms with van der Waals surface area (Å²) in [7, 11) is 0. The zero-order valence-corrected chi connectivity index (χ0v) is 14.2. The van der Waals surface area contributed by atoms with Gasteiger partial charge in [0, 0.05) is 50.3 Å². The van der Waals surface area contributed by atoms with E-state index in [4.69, 9.17) is 11.6 Å². The van der Waals surface area contributed by atoms with Crippen LogP contribution in [-0.2, 0) is 10.2 Å². The zero-order chi connectivity index (χ0) is 15.9. The third kappa shape index (κ3) is 2.88. The maximum Gasteiger partial charge on any atom is 0.233 e. The molecule has 0 spiro atoms. The number of likely N-dealkylation sites (tertiary alicyclic amines) is 1. The monoisotopic (exact) mass is 333 g/mol. The van der Waals surface area contributed by atoms with Crippen LogP contribution in [0.25, 0.3) is 0 Å². The van der Waals surface area contributed by atoms with Crippen LogP contribution in [0.15, 0.2) is 24.3 Å². The quantitative estimate of drug-likeness (QED) is 0.917. The summed E-state index contributed by atoms with van der Waals surface area (Å²) in [6, 6.07) is 8.40. The number of halogens is 1. The number of nitrogens with one attached hydrogen (secondary N) is 1. The molecule has 3 aliphatic rings. The zero-order valence-electron chi connectivity index (χ0n) is 13.4. The highest BCUT2D eigenvalue weighted by molar-refractivity contribution is 6.30. The van der Waals surface area contributed by atoms with Crippen molar-refractivity contribution in [3.63, 3.8) is 0 Å². The van der Waals surface area contributed by atoms with Gasteiger partial charge in [-0.05, 0) is 37.0 Å². The first-order chi connectivity index (χ1) is 11.2. The Morgan fingerprint density at radius 1 is 1.22 bits per heavy atom. The molecular formula is C18H24ClN3O. The van der Waals surface area contributed by atoms with E-state index in [2.05, 4.69) is 21.2 Å². The van der Waals surface area contributed by atoms with Gasteiger partial charge in [-0.3, -0.25) is 9.69 Å². The molecule has 124 valence electrons. The van der Waals surface area contributed by atoms with Crippen LogP contribution < -0.4 is 5.32 Å². The van der Waals surface area contributed by atoms with Crippen molar-refractivity contribution in [3.8, 4) is 0 Å². The smallest absolute Gasteiger partial charge is 0.233 e. The Hall–Kier alpha value is -1.10. The van der Waals surface area contributed by atoms with E-state index < -0.39 is 0 Å². The fourth-order valence-corrected chi connectivity index (χ4v) is 4.30. The summed E-state index contributed by atoms with van der Waals surface area (Å²) in [5, 5.41) is 4.12. The number of benzene rings is 1.